The van der Waals surface area contributed by atoms with E-state index < -0.39 is 0 Å². The van der Waals surface area contributed by atoms with Crippen molar-refractivity contribution in [2.75, 3.05) is 14.1 Å². The quantitative estimate of drug-likeness (QED) is 0.147. The molecule has 3 N–H and O–H groups in total. The largest absolute Gasteiger partial charge is 0.449 e. The molecule has 246 valence electrons. The van der Waals surface area contributed by atoms with Gasteiger partial charge >= 0.3 is 0 Å². The van der Waals surface area contributed by atoms with E-state index in [0.717, 1.165) is 40.4 Å². The third kappa shape index (κ3) is 7.10. The zero-order valence-corrected chi connectivity index (χ0v) is 28.7. The summed E-state index contributed by atoms with van der Waals surface area (Å²) in [4.78, 5) is 6.14. The number of nitrogen functional groups attached to an aromatic ring is 1. The van der Waals surface area contributed by atoms with Gasteiger partial charge in [-0.25, -0.2) is 0 Å². The molecule has 49 heavy (non-hydrogen) atoms. The van der Waals surface area contributed by atoms with E-state index in [1.807, 2.05) is 79.7 Å². The van der Waals surface area contributed by atoms with Gasteiger partial charge < -0.3 is 20.1 Å². The Balaban J connectivity index is 0.000000201. The SMILES string of the molecule is CC1(C)c2ccccc2-c2c1ccc1c2Oc2c(cccc2-c2ccc(C(=N)N)cc2)O1.CN(C)Cc1ccccc1.Cc1ccccn1. The first-order chi connectivity index (χ1) is 23.6. The van der Waals surface area contributed by atoms with Crippen molar-refractivity contribution in [3.8, 4) is 45.3 Å². The fraction of sp³-hybridized carbons (Fsp3) is 0.163. The van der Waals surface area contributed by atoms with Crippen LogP contribution in [-0.2, 0) is 12.0 Å². The second-order valence-corrected chi connectivity index (χ2v) is 13.0. The van der Waals surface area contributed by atoms with Gasteiger partial charge in [0.15, 0.2) is 23.0 Å². The average Bonchev–Trinajstić information content (AvgIpc) is 3.34. The number of nitrogens with two attached hydrogens (primary N) is 1. The predicted molar refractivity (Wildman–Crippen MR) is 200 cm³/mol. The topological polar surface area (TPSA) is 84.5 Å². The number of fused-ring (bicyclic) bond motifs is 6. The van der Waals surface area contributed by atoms with E-state index in [0.29, 0.717) is 17.1 Å². The lowest BCUT2D eigenvalue weighted by Crippen LogP contribution is -2.15. The molecular weight excluding hydrogens is 604 g/mol. The Kier molecular flexibility index (Phi) is 9.61. The molecular formula is C43H42N4O2. The highest BCUT2D eigenvalue weighted by atomic mass is 16.6. The zero-order valence-electron chi connectivity index (χ0n) is 28.7. The highest BCUT2D eigenvalue weighted by molar-refractivity contribution is 5.95. The number of ether oxygens (including phenoxy) is 2. The fourth-order valence-corrected chi connectivity index (χ4v) is 6.30. The number of rotatable bonds is 4. The van der Waals surface area contributed by atoms with Crippen LogP contribution in [0.25, 0.3) is 22.3 Å². The van der Waals surface area contributed by atoms with Crippen molar-refractivity contribution in [2.24, 2.45) is 5.73 Å². The summed E-state index contributed by atoms with van der Waals surface area (Å²) in [5.74, 6) is 2.94. The van der Waals surface area contributed by atoms with Crippen LogP contribution in [0, 0.1) is 12.3 Å². The molecule has 1 aromatic heterocycles. The summed E-state index contributed by atoms with van der Waals surface area (Å²) in [5, 5.41) is 7.64. The first kappa shape index (κ1) is 33.2. The minimum atomic E-state index is -0.105. The van der Waals surface area contributed by atoms with Gasteiger partial charge in [0.25, 0.3) is 0 Å². The molecule has 0 saturated heterocycles. The molecule has 6 heteroatoms. The van der Waals surface area contributed by atoms with Gasteiger partial charge in [0, 0.05) is 40.5 Å². The smallest absolute Gasteiger partial charge is 0.178 e. The van der Waals surface area contributed by atoms with Crippen LogP contribution in [0.2, 0.25) is 0 Å². The maximum atomic E-state index is 7.64. The lowest BCUT2D eigenvalue weighted by molar-refractivity contribution is 0.361. The van der Waals surface area contributed by atoms with Gasteiger partial charge in [0.05, 0.1) is 0 Å². The summed E-state index contributed by atoms with van der Waals surface area (Å²) in [6, 6.07) is 42.5. The molecule has 1 aliphatic carbocycles. The molecule has 1 aliphatic heterocycles. The Morgan fingerprint density at radius 2 is 1.37 bits per heavy atom. The highest BCUT2D eigenvalue weighted by Crippen LogP contribution is 2.59. The van der Waals surface area contributed by atoms with E-state index in [2.05, 4.69) is 92.4 Å². The maximum Gasteiger partial charge on any atom is 0.178 e. The van der Waals surface area contributed by atoms with Crippen LogP contribution in [0.5, 0.6) is 23.0 Å². The molecule has 2 heterocycles. The Bertz CT molecular complexity index is 2070. The molecule has 0 fully saturated rings. The van der Waals surface area contributed by atoms with Crippen LogP contribution in [-0.4, -0.2) is 29.8 Å². The van der Waals surface area contributed by atoms with E-state index in [9.17, 15) is 0 Å². The Morgan fingerprint density at radius 3 is 2.02 bits per heavy atom. The van der Waals surface area contributed by atoms with Gasteiger partial charge in [-0.15, -0.1) is 0 Å². The van der Waals surface area contributed by atoms with Crippen molar-refractivity contribution in [2.45, 2.75) is 32.7 Å². The molecule has 0 atom stereocenters. The molecule has 8 rings (SSSR count). The number of para-hydroxylation sites is 1. The lowest BCUT2D eigenvalue weighted by Gasteiger charge is -2.26. The van der Waals surface area contributed by atoms with Gasteiger partial charge in [-0.3, -0.25) is 10.4 Å². The Morgan fingerprint density at radius 1 is 0.694 bits per heavy atom. The van der Waals surface area contributed by atoms with Crippen LogP contribution < -0.4 is 15.2 Å². The molecule has 0 bridgehead atoms. The molecule has 0 unspecified atom stereocenters. The number of aromatic nitrogens is 1. The number of benzene rings is 5. The Hall–Kier alpha value is -5.72. The van der Waals surface area contributed by atoms with E-state index in [4.69, 9.17) is 20.6 Å². The third-order valence-corrected chi connectivity index (χ3v) is 8.73. The minimum Gasteiger partial charge on any atom is -0.449 e. The summed E-state index contributed by atoms with van der Waals surface area (Å²) in [7, 11) is 4.15. The van der Waals surface area contributed by atoms with Crippen molar-refractivity contribution in [1.82, 2.24) is 9.88 Å². The second kappa shape index (κ2) is 14.2. The number of pyridine rings is 1. The van der Waals surface area contributed by atoms with Crippen molar-refractivity contribution in [1.29, 1.82) is 5.41 Å². The van der Waals surface area contributed by atoms with Gasteiger partial charge in [0.2, 0.25) is 0 Å². The van der Waals surface area contributed by atoms with Gasteiger partial charge in [-0.05, 0) is 73.1 Å². The number of nitrogens with one attached hydrogen (secondary N) is 1. The van der Waals surface area contributed by atoms with Crippen molar-refractivity contribution in [3.05, 3.63) is 162 Å². The number of nitrogens with zero attached hydrogens (tertiary/aromatic N) is 2. The van der Waals surface area contributed by atoms with Crippen LogP contribution in [0.1, 0.15) is 41.8 Å². The Labute approximate surface area is 289 Å². The molecule has 6 aromatic rings. The summed E-state index contributed by atoms with van der Waals surface area (Å²) >= 11 is 0. The van der Waals surface area contributed by atoms with Crippen LogP contribution in [0.15, 0.2) is 134 Å². The van der Waals surface area contributed by atoms with Gasteiger partial charge in [-0.1, -0.05) is 117 Å². The van der Waals surface area contributed by atoms with Crippen LogP contribution >= 0.6 is 0 Å². The van der Waals surface area contributed by atoms with E-state index in [-0.39, 0.29) is 11.3 Å². The number of aryl methyl sites for hydroxylation is 1. The molecule has 0 spiro atoms. The van der Waals surface area contributed by atoms with Crippen molar-refractivity contribution < 1.29 is 9.47 Å². The standard InChI is InChI=1S/C28H22N2O2.C9H13N.C6H7N/c1-28(2)20-8-4-3-6-19(20)24-21(28)14-15-23-26(24)32-25-18(7-5-9-22(25)31-23)16-10-12-17(13-11-16)27(29)30;1-10(2)8-9-6-4-3-5-7-9;1-6-4-2-3-5-7-6/h3-15H,1-2H3,(H3,29,30);3-7H,8H2,1-2H3;2-5H,1H3. The van der Waals surface area contributed by atoms with Gasteiger partial charge in [-0.2, -0.15) is 0 Å². The molecule has 5 aromatic carbocycles. The summed E-state index contributed by atoms with van der Waals surface area (Å²) in [6.45, 7) is 7.51. The lowest BCUT2D eigenvalue weighted by atomic mass is 9.82. The minimum absolute atomic E-state index is 0.0528. The van der Waals surface area contributed by atoms with E-state index in [1.165, 1.54) is 22.3 Å². The first-order valence-corrected chi connectivity index (χ1v) is 16.4. The average molecular weight is 647 g/mol. The molecule has 0 saturated carbocycles. The first-order valence-electron chi connectivity index (χ1n) is 16.4. The molecule has 0 radical (unpaired) electrons. The fourth-order valence-electron chi connectivity index (χ4n) is 6.30. The third-order valence-electron chi connectivity index (χ3n) is 8.73. The summed E-state index contributed by atoms with van der Waals surface area (Å²) in [6.07, 6.45) is 1.79. The van der Waals surface area contributed by atoms with Crippen molar-refractivity contribution in [3.63, 3.8) is 0 Å². The normalized spacial score (nSPS) is 12.7. The number of amidine groups is 1. The monoisotopic (exact) mass is 646 g/mol. The predicted octanol–water partition coefficient (Wildman–Crippen LogP) is 9.98. The molecule has 0 amide bonds. The van der Waals surface area contributed by atoms with E-state index >= 15 is 0 Å². The zero-order chi connectivity index (χ0) is 34.5. The van der Waals surface area contributed by atoms with Crippen LogP contribution in [0.3, 0.4) is 0 Å². The second-order valence-electron chi connectivity index (χ2n) is 13.0. The van der Waals surface area contributed by atoms with E-state index in [1.54, 1.807) is 6.20 Å². The summed E-state index contributed by atoms with van der Waals surface area (Å²) < 4.78 is 13.0. The highest BCUT2D eigenvalue weighted by Gasteiger charge is 2.39. The molecule has 6 nitrogen and oxygen atoms in total. The number of hydrogen-bond acceptors (Lipinski definition) is 5. The van der Waals surface area contributed by atoms with Gasteiger partial charge in [0.1, 0.15) is 5.84 Å². The van der Waals surface area contributed by atoms with Crippen LogP contribution in [0.4, 0.5) is 0 Å². The summed E-state index contributed by atoms with van der Waals surface area (Å²) in [5.41, 5.74) is 15.4. The maximum absolute atomic E-state index is 7.64. The number of hydrogen-bond donors (Lipinski definition) is 2. The van der Waals surface area contributed by atoms with Crippen molar-refractivity contribution >= 4 is 5.84 Å². The molecule has 2 aliphatic rings.